The van der Waals surface area contributed by atoms with E-state index in [1.54, 1.807) is 7.11 Å². The minimum Gasteiger partial charge on any atom is -0.475 e. The van der Waals surface area contributed by atoms with E-state index in [1.165, 1.54) is 0 Å². The molecule has 32 heavy (non-hydrogen) atoms. The van der Waals surface area contributed by atoms with Crippen molar-refractivity contribution in [1.29, 1.82) is 0 Å². The van der Waals surface area contributed by atoms with Crippen molar-refractivity contribution in [2.45, 2.75) is 25.2 Å². The summed E-state index contributed by atoms with van der Waals surface area (Å²) in [7, 11) is 1.74. The molecule has 0 radical (unpaired) electrons. The molecule has 2 aliphatic rings. The van der Waals surface area contributed by atoms with Gasteiger partial charge in [0.1, 0.15) is 0 Å². The Bertz CT molecular complexity index is 720. The summed E-state index contributed by atoms with van der Waals surface area (Å²) in [5, 5.41) is 10.1. The van der Waals surface area contributed by atoms with E-state index in [0.29, 0.717) is 19.0 Å². The van der Waals surface area contributed by atoms with Crippen LogP contribution in [0.1, 0.15) is 12.0 Å². The van der Waals surface area contributed by atoms with E-state index < -0.39 is 12.1 Å². The topological polar surface area (TPSA) is 91.3 Å². The number of amides is 2. The summed E-state index contributed by atoms with van der Waals surface area (Å²) in [5.41, 5.74) is 1.12. The second-order valence-corrected chi connectivity index (χ2v) is 7.64. The Morgan fingerprint density at radius 1 is 1.22 bits per heavy atom. The van der Waals surface area contributed by atoms with Gasteiger partial charge in [0.25, 0.3) is 0 Å². The molecule has 2 saturated heterocycles. The van der Waals surface area contributed by atoms with E-state index in [1.807, 2.05) is 35.2 Å². The van der Waals surface area contributed by atoms with Crippen molar-refractivity contribution in [2.75, 3.05) is 53.0 Å². The number of halogens is 3. The van der Waals surface area contributed by atoms with Crippen molar-refractivity contribution >= 4 is 12.0 Å². The highest BCUT2D eigenvalue weighted by Gasteiger charge is 2.38. The third-order valence-electron chi connectivity index (χ3n) is 5.36. The van der Waals surface area contributed by atoms with Crippen molar-refractivity contribution < 1.29 is 37.3 Å². The molecule has 11 heteroatoms. The third kappa shape index (κ3) is 8.64. The molecular weight excluding hydrogens is 431 g/mol. The van der Waals surface area contributed by atoms with E-state index in [9.17, 15) is 18.0 Å². The summed E-state index contributed by atoms with van der Waals surface area (Å²) in [6.45, 7) is 6.45. The number of rotatable bonds is 5. The highest BCUT2D eigenvalue weighted by Crippen LogP contribution is 2.24. The highest BCUT2D eigenvalue weighted by molar-refractivity contribution is 5.74. The third-order valence-corrected chi connectivity index (χ3v) is 5.36. The Balaban J connectivity index is 0.000000451. The number of likely N-dealkylation sites (tertiary alicyclic amines) is 1. The van der Waals surface area contributed by atoms with Crippen LogP contribution in [0.25, 0.3) is 0 Å². The van der Waals surface area contributed by atoms with Crippen LogP contribution in [0.5, 0.6) is 0 Å². The zero-order valence-electron chi connectivity index (χ0n) is 18.0. The average molecular weight is 461 g/mol. The summed E-state index contributed by atoms with van der Waals surface area (Å²) < 4.78 is 43.0. The quantitative estimate of drug-likeness (QED) is 0.699. The summed E-state index contributed by atoms with van der Waals surface area (Å²) in [6.07, 6.45) is -3.95. The van der Waals surface area contributed by atoms with Crippen LogP contribution < -0.4 is 5.32 Å². The second-order valence-electron chi connectivity index (χ2n) is 7.64. The first-order chi connectivity index (χ1) is 15.2. The van der Waals surface area contributed by atoms with Gasteiger partial charge < -0.3 is 24.8 Å². The Labute approximate surface area is 185 Å². The fourth-order valence-electron chi connectivity index (χ4n) is 3.61. The lowest BCUT2D eigenvalue weighted by Crippen LogP contribution is -2.51. The lowest BCUT2D eigenvalue weighted by atomic mass is 9.93. The van der Waals surface area contributed by atoms with E-state index in [2.05, 4.69) is 10.2 Å². The number of carboxylic acid groups (broad SMARTS) is 1. The zero-order chi connectivity index (χ0) is 23.6. The van der Waals surface area contributed by atoms with Crippen LogP contribution in [0.15, 0.2) is 30.3 Å². The number of hydrogen-bond acceptors (Lipinski definition) is 5. The molecule has 1 aromatic carbocycles. The van der Waals surface area contributed by atoms with Gasteiger partial charge in [-0.25, -0.2) is 9.59 Å². The number of nitrogens with one attached hydrogen (secondary N) is 1. The minimum absolute atomic E-state index is 0.00592. The molecule has 0 bridgehead atoms. The molecule has 2 aliphatic heterocycles. The molecule has 2 atom stereocenters. The number of piperidine rings is 1. The molecule has 2 N–H and O–H groups in total. The summed E-state index contributed by atoms with van der Waals surface area (Å²) in [4.78, 5) is 25.7. The Hall–Kier alpha value is -2.37. The van der Waals surface area contributed by atoms with Crippen LogP contribution in [0.3, 0.4) is 0 Å². The molecule has 2 fully saturated rings. The Kier molecular flexibility index (Phi) is 10.2. The molecule has 1 aromatic rings. The van der Waals surface area contributed by atoms with Gasteiger partial charge in [-0.05, 0) is 12.0 Å². The van der Waals surface area contributed by atoms with Gasteiger partial charge in [0.05, 0.1) is 19.3 Å². The first-order valence-corrected chi connectivity index (χ1v) is 10.4. The number of urea groups is 1. The standard InChI is InChI=1S/C19H29N3O3.C2HF3O2/c1-24-11-9-21-10-12-25-18-15-22(8-7-17(18)14-21)19(23)20-13-16-5-3-2-4-6-16;3-2(4,5)1(6)7/h2-6,17-18H,7-15H2,1H3,(H,20,23);(H,6,7)/t17-,18-;/m1./s1. The molecule has 0 aromatic heterocycles. The van der Waals surface area contributed by atoms with E-state index in [-0.39, 0.29) is 12.1 Å². The molecule has 180 valence electrons. The number of carbonyl (C=O) groups excluding carboxylic acids is 1. The van der Waals surface area contributed by atoms with Gasteiger partial charge in [-0.15, -0.1) is 0 Å². The number of aliphatic carboxylic acids is 1. The average Bonchev–Trinajstić information content (AvgIpc) is 2.97. The highest BCUT2D eigenvalue weighted by atomic mass is 19.4. The Morgan fingerprint density at radius 2 is 1.91 bits per heavy atom. The summed E-state index contributed by atoms with van der Waals surface area (Å²) in [5.74, 6) is -2.26. The molecule has 2 heterocycles. The maximum Gasteiger partial charge on any atom is 0.490 e. The van der Waals surface area contributed by atoms with Crippen molar-refractivity contribution in [3.05, 3.63) is 35.9 Å². The fourth-order valence-corrected chi connectivity index (χ4v) is 3.61. The van der Waals surface area contributed by atoms with Gasteiger partial charge in [-0.3, -0.25) is 4.90 Å². The summed E-state index contributed by atoms with van der Waals surface area (Å²) in [6, 6.07) is 10.0. The van der Waals surface area contributed by atoms with Crippen molar-refractivity contribution in [3.8, 4) is 0 Å². The van der Waals surface area contributed by atoms with Gasteiger partial charge in [0.2, 0.25) is 0 Å². The molecule has 0 unspecified atom stereocenters. The number of alkyl halides is 3. The van der Waals surface area contributed by atoms with Gasteiger partial charge in [-0.2, -0.15) is 13.2 Å². The van der Waals surface area contributed by atoms with Crippen LogP contribution in [0, 0.1) is 5.92 Å². The first kappa shape index (κ1) is 25.9. The monoisotopic (exact) mass is 461 g/mol. The molecule has 8 nitrogen and oxygen atoms in total. The van der Waals surface area contributed by atoms with Crippen LogP contribution in [-0.2, 0) is 20.8 Å². The fraction of sp³-hybridized carbons (Fsp3) is 0.619. The van der Waals surface area contributed by atoms with Crippen LogP contribution in [-0.4, -0.2) is 92.2 Å². The number of nitrogens with zero attached hydrogens (tertiary/aromatic N) is 2. The molecular formula is C21H30F3N3O5. The lowest BCUT2D eigenvalue weighted by Gasteiger charge is -2.38. The van der Waals surface area contributed by atoms with Crippen LogP contribution >= 0.6 is 0 Å². The van der Waals surface area contributed by atoms with Crippen LogP contribution in [0.2, 0.25) is 0 Å². The molecule has 0 aliphatic carbocycles. The smallest absolute Gasteiger partial charge is 0.475 e. The van der Waals surface area contributed by atoms with Gasteiger partial charge in [0.15, 0.2) is 0 Å². The number of carbonyl (C=O) groups is 2. The number of ether oxygens (including phenoxy) is 2. The molecule has 3 rings (SSSR count). The number of fused-ring (bicyclic) bond motifs is 1. The van der Waals surface area contributed by atoms with E-state index in [0.717, 1.165) is 51.4 Å². The molecule has 0 spiro atoms. The number of hydrogen-bond donors (Lipinski definition) is 2. The number of carboxylic acids is 1. The van der Waals surface area contributed by atoms with Gasteiger partial charge in [0, 0.05) is 52.3 Å². The molecule has 0 saturated carbocycles. The van der Waals surface area contributed by atoms with Crippen molar-refractivity contribution in [1.82, 2.24) is 15.1 Å². The minimum atomic E-state index is -5.08. The lowest BCUT2D eigenvalue weighted by molar-refractivity contribution is -0.192. The Morgan fingerprint density at radius 3 is 2.53 bits per heavy atom. The van der Waals surface area contributed by atoms with Gasteiger partial charge in [-0.1, -0.05) is 30.3 Å². The maximum absolute atomic E-state index is 12.5. The van der Waals surface area contributed by atoms with E-state index >= 15 is 0 Å². The predicted octanol–water partition coefficient (Wildman–Crippen LogP) is 2.20. The first-order valence-electron chi connectivity index (χ1n) is 10.4. The van der Waals surface area contributed by atoms with Crippen molar-refractivity contribution in [2.24, 2.45) is 5.92 Å². The second kappa shape index (κ2) is 12.6. The van der Waals surface area contributed by atoms with Gasteiger partial charge >= 0.3 is 18.2 Å². The number of methoxy groups -OCH3 is 1. The van der Waals surface area contributed by atoms with Crippen molar-refractivity contribution in [3.63, 3.8) is 0 Å². The SMILES string of the molecule is COCCN1CCO[C@@H]2CN(C(=O)NCc3ccccc3)CC[C@@H]2C1.O=C(O)C(F)(F)F. The zero-order valence-corrected chi connectivity index (χ0v) is 18.0. The number of benzene rings is 1. The normalized spacial score (nSPS) is 21.6. The largest absolute Gasteiger partial charge is 0.490 e. The maximum atomic E-state index is 12.5. The van der Waals surface area contributed by atoms with E-state index in [4.69, 9.17) is 19.4 Å². The molecule has 2 amide bonds. The summed E-state index contributed by atoms with van der Waals surface area (Å²) >= 11 is 0. The predicted molar refractivity (Wildman–Crippen MR) is 110 cm³/mol. The van der Waals surface area contributed by atoms with Crippen LogP contribution in [0.4, 0.5) is 18.0 Å².